The van der Waals surface area contributed by atoms with Gasteiger partial charge in [-0.3, -0.25) is 4.57 Å². The maximum atomic E-state index is 6.01. The first-order valence-electron chi connectivity index (χ1n) is 7.93. The Morgan fingerprint density at radius 1 is 1.05 bits per heavy atom. The maximum Gasteiger partial charge on any atom is 0.430 e. The van der Waals surface area contributed by atoms with E-state index < -0.39 is 8.72 Å². The number of rotatable bonds is 4. The zero-order valence-electron chi connectivity index (χ0n) is 13.3. The Balaban J connectivity index is 2.26. The lowest BCUT2D eigenvalue weighted by Crippen LogP contribution is -2.67. The van der Waals surface area contributed by atoms with Gasteiger partial charge in [0.2, 0.25) is 0 Å². The molecule has 3 unspecified atom stereocenters. The third-order valence-electron chi connectivity index (χ3n) is 5.45. The molecule has 0 N–H and O–H groups in total. The van der Waals surface area contributed by atoms with Crippen molar-refractivity contribution in [1.29, 1.82) is 0 Å². The molecular formula is C15H31NO2Si. The van der Waals surface area contributed by atoms with Gasteiger partial charge in [-0.05, 0) is 37.6 Å². The summed E-state index contributed by atoms with van der Waals surface area (Å²) >= 11 is 0. The fourth-order valence-electron chi connectivity index (χ4n) is 4.42. The lowest BCUT2D eigenvalue weighted by Gasteiger charge is -2.53. The molecule has 0 aromatic rings. The fraction of sp³-hybridized carbons (Fsp3) is 1.00. The molecule has 0 aromatic carbocycles. The SMILES string of the molecule is CO[Si](OC)(C(C)C)N1CCC(C)C2CCCCC21. The van der Waals surface area contributed by atoms with Crippen LogP contribution in [0.1, 0.15) is 52.9 Å². The third kappa shape index (κ3) is 2.65. The molecule has 0 amide bonds. The summed E-state index contributed by atoms with van der Waals surface area (Å²) in [5.41, 5.74) is 0.471. The van der Waals surface area contributed by atoms with Crippen LogP contribution >= 0.6 is 0 Å². The second-order valence-electron chi connectivity index (χ2n) is 6.67. The number of hydrogen-bond donors (Lipinski definition) is 0. The van der Waals surface area contributed by atoms with Crippen molar-refractivity contribution in [3.05, 3.63) is 0 Å². The van der Waals surface area contributed by atoms with Gasteiger partial charge in [-0.2, -0.15) is 0 Å². The molecule has 4 heteroatoms. The first kappa shape index (κ1) is 15.5. The summed E-state index contributed by atoms with van der Waals surface area (Å²) < 4.78 is 14.7. The summed E-state index contributed by atoms with van der Waals surface area (Å²) in [4.78, 5) is 0. The first-order chi connectivity index (χ1) is 9.06. The van der Waals surface area contributed by atoms with Gasteiger partial charge < -0.3 is 8.85 Å². The normalized spacial score (nSPS) is 33.5. The molecule has 112 valence electrons. The van der Waals surface area contributed by atoms with Gasteiger partial charge >= 0.3 is 8.72 Å². The summed E-state index contributed by atoms with van der Waals surface area (Å²) in [6.07, 6.45) is 6.83. The number of fused-ring (bicyclic) bond motifs is 1. The van der Waals surface area contributed by atoms with Crippen molar-refractivity contribution in [2.75, 3.05) is 20.8 Å². The van der Waals surface area contributed by atoms with Gasteiger partial charge in [0.15, 0.2) is 0 Å². The minimum atomic E-state index is -2.22. The standard InChI is InChI=1S/C15H31NO2Si/c1-12(2)19(17-4,18-5)16-11-10-13(3)14-8-6-7-9-15(14)16/h12-15H,6-11H2,1-5H3. The molecular weight excluding hydrogens is 254 g/mol. The van der Waals surface area contributed by atoms with Crippen LogP contribution < -0.4 is 0 Å². The van der Waals surface area contributed by atoms with Gasteiger partial charge in [0, 0.05) is 25.8 Å². The van der Waals surface area contributed by atoms with Crippen LogP contribution in [0.4, 0.5) is 0 Å². The molecule has 1 heterocycles. The van der Waals surface area contributed by atoms with Gasteiger partial charge in [-0.15, -0.1) is 0 Å². The summed E-state index contributed by atoms with van der Waals surface area (Å²) in [6.45, 7) is 8.12. The van der Waals surface area contributed by atoms with E-state index in [1.54, 1.807) is 0 Å². The lowest BCUT2D eigenvalue weighted by molar-refractivity contribution is 0.0286. The number of piperidine rings is 1. The van der Waals surface area contributed by atoms with Gasteiger partial charge in [0.25, 0.3) is 0 Å². The van der Waals surface area contributed by atoms with E-state index in [-0.39, 0.29) is 0 Å². The van der Waals surface area contributed by atoms with Gasteiger partial charge in [0.1, 0.15) is 0 Å². The van der Waals surface area contributed by atoms with E-state index in [1.807, 2.05) is 14.2 Å². The number of nitrogens with zero attached hydrogens (tertiary/aromatic N) is 1. The molecule has 0 radical (unpaired) electrons. The Bertz CT molecular complexity index is 294. The molecule has 1 saturated carbocycles. The summed E-state index contributed by atoms with van der Waals surface area (Å²) in [5, 5.41) is 0. The van der Waals surface area contributed by atoms with E-state index in [0.29, 0.717) is 11.6 Å². The second-order valence-corrected chi connectivity index (χ2v) is 10.5. The largest absolute Gasteiger partial charge is 0.430 e. The van der Waals surface area contributed by atoms with Crippen molar-refractivity contribution in [3.63, 3.8) is 0 Å². The van der Waals surface area contributed by atoms with Gasteiger partial charge in [-0.25, -0.2) is 0 Å². The first-order valence-corrected chi connectivity index (χ1v) is 9.78. The van der Waals surface area contributed by atoms with Crippen LogP contribution in [0.15, 0.2) is 0 Å². The molecule has 3 nitrogen and oxygen atoms in total. The molecule has 19 heavy (non-hydrogen) atoms. The Morgan fingerprint density at radius 3 is 2.26 bits per heavy atom. The predicted molar refractivity (Wildman–Crippen MR) is 81.1 cm³/mol. The predicted octanol–water partition coefficient (Wildman–Crippen LogP) is 3.53. The van der Waals surface area contributed by atoms with Crippen molar-refractivity contribution >= 4 is 8.72 Å². The molecule has 2 fully saturated rings. The van der Waals surface area contributed by atoms with E-state index in [4.69, 9.17) is 8.85 Å². The highest BCUT2D eigenvalue weighted by Crippen LogP contribution is 2.43. The Labute approximate surface area is 120 Å². The van der Waals surface area contributed by atoms with Crippen LogP contribution in [0.3, 0.4) is 0 Å². The monoisotopic (exact) mass is 285 g/mol. The van der Waals surface area contributed by atoms with Crippen molar-refractivity contribution in [3.8, 4) is 0 Å². The smallest absolute Gasteiger partial charge is 0.386 e. The Kier molecular flexibility index (Phi) is 5.09. The molecule has 3 atom stereocenters. The van der Waals surface area contributed by atoms with Crippen molar-refractivity contribution < 1.29 is 8.85 Å². The highest BCUT2D eigenvalue weighted by molar-refractivity contribution is 6.66. The van der Waals surface area contributed by atoms with Crippen LogP contribution in [0.2, 0.25) is 5.54 Å². The zero-order chi connectivity index (χ0) is 14.0. The van der Waals surface area contributed by atoms with E-state index >= 15 is 0 Å². The Hall–Kier alpha value is 0.0969. The van der Waals surface area contributed by atoms with Crippen molar-refractivity contribution in [2.24, 2.45) is 11.8 Å². The molecule has 0 spiro atoms. The Morgan fingerprint density at radius 2 is 1.68 bits per heavy atom. The zero-order valence-corrected chi connectivity index (χ0v) is 14.3. The third-order valence-corrected chi connectivity index (χ3v) is 9.44. The second kappa shape index (κ2) is 6.25. The molecule has 1 saturated heterocycles. The van der Waals surface area contributed by atoms with Crippen LogP contribution in [0.25, 0.3) is 0 Å². The van der Waals surface area contributed by atoms with E-state index in [9.17, 15) is 0 Å². The van der Waals surface area contributed by atoms with Crippen LogP contribution in [0, 0.1) is 11.8 Å². The highest BCUT2D eigenvalue weighted by atomic mass is 28.4. The topological polar surface area (TPSA) is 21.7 Å². The maximum absolute atomic E-state index is 6.01. The highest BCUT2D eigenvalue weighted by Gasteiger charge is 2.53. The van der Waals surface area contributed by atoms with Crippen LogP contribution in [-0.4, -0.2) is 40.1 Å². The molecule has 1 aliphatic heterocycles. The fourth-order valence-corrected chi connectivity index (χ4v) is 7.89. The lowest BCUT2D eigenvalue weighted by atomic mass is 9.74. The number of hydrogen-bond acceptors (Lipinski definition) is 3. The molecule has 1 aliphatic carbocycles. The molecule has 2 aliphatic rings. The summed E-state index contributed by atoms with van der Waals surface area (Å²) in [7, 11) is 1.48. The van der Waals surface area contributed by atoms with E-state index in [2.05, 4.69) is 25.3 Å². The summed E-state index contributed by atoms with van der Waals surface area (Å²) in [6, 6.07) is 0.700. The minimum absolute atomic E-state index is 0.471. The van der Waals surface area contributed by atoms with Gasteiger partial charge in [-0.1, -0.05) is 33.6 Å². The van der Waals surface area contributed by atoms with Crippen molar-refractivity contribution in [1.82, 2.24) is 4.57 Å². The van der Waals surface area contributed by atoms with E-state index in [0.717, 1.165) is 18.4 Å². The average Bonchev–Trinajstić information content (AvgIpc) is 2.43. The molecule has 2 rings (SSSR count). The molecule has 0 aromatic heterocycles. The summed E-state index contributed by atoms with van der Waals surface area (Å²) in [5.74, 6) is 1.73. The van der Waals surface area contributed by atoms with Crippen molar-refractivity contribution in [2.45, 2.75) is 64.5 Å². The van der Waals surface area contributed by atoms with E-state index in [1.165, 1.54) is 32.1 Å². The quantitative estimate of drug-likeness (QED) is 0.738. The van der Waals surface area contributed by atoms with Crippen LogP contribution in [0.5, 0.6) is 0 Å². The molecule has 0 bridgehead atoms. The minimum Gasteiger partial charge on any atom is -0.386 e. The van der Waals surface area contributed by atoms with Crippen LogP contribution in [-0.2, 0) is 8.85 Å². The van der Waals surface area contributed by atoms with Gasteiger partial charge in [0.05, 0.1) is 0 Å². The average molecular weight is 286 g/mol.